The fraction of sp³-hybridized carbons (Fsp3) is 0. The molecular formula is C21H14BrClN2O3. The highest BCUT2D eigenvalue weighted by Crippen LogP contribution is 2.19. The van der Waals surface area contributed by atoms with Gasteiger partial charge in [0.25, 0.3) is 5.91 Å². The minimum atomic E-state index is -0.456. The average molecular weight is 458 g/mol. The molecule has 3 aromatic rings. The first-order valence-corrected chi connectivity index (χ1v) is 9.36. The Hall–Kier alpha value is -2.96. The fourth-order valence-electron chi connectivity index (χ4n) is 2.27. The maximum Gasteiger partial charge on any atom is 0.344 e. The molecule has 0 radical (unpaired) electrons. The van der Waals surface area contributed by atoms with Crippen LogP contribution in [0.5, 0.6) is 5.75 Å². The maximum atomic E-state index is 12.2. The van der Waals surface area contributed by atoms with Crippen LogP contribution in [0, 0.1) is 0 Å². The van der Waals surface area contributed by atoms with Crippen molar-refractivity contribution < 1.29 is 14.3 Å². The van der Waals surface area contributed by atoms with Gasteiger partial charge in [-0.05, 0) is 76.1 Å². The van der Waals surface area contributed by atoms with Gasteiger partial charge >= 0.3 is 5.97 Å². The molecule has 0 aromatic heterocycles. The van der Waals surface area contributed by atoms with E-state index in [2.05, 4.69) is 26.5 Å². The molecule has 140 valence electrons. The Bertz CT molecular complexity index is 1040. The number of nitrogens with zero attached hydrogens (tertiary/aromatic N) is 1. The summed E-state index contributed by atoms with van der Waals surface area (Å²) in [7, 11) is 0. The van der Waals surface area contributed by atoms with E-state index in [0.717, 1.165) is 5.56 Å². The van der Waals surface area contributed by atoms with Gasteiger partial charge in [0.05, 0.1) is 11.8 Å². The number of benzene rings is 3. The SMILES string of the molecule is O=C(N/N=C/c1ccc(OC(=O)c2ccccc2Br)cc1)c1cccc(Cl)c1. The molecule has 7 heteroatoms. The molecule has 0 aliphatic carbocycles. The van der Waals surface area contributed by atoms with Crippen LogP contribution in [0.4, 0.5) is 0 Å². The fourth-order valence-corrected chi connectivity index (χ4v) is 2.91. The van der Waals surface area contributed by atoms with E-state index in [4.69, 9.17) is 16.3 Å². The van der Waals surface area contributed by atoms with Gasteiger partial charge in [-0.2, -0.15) is 5.10 Å². The molecule has 0 aliphatic heterocycles. The van der Waals surface area contributed by atoms with E-state index in [-0.39, 0.29) is 5.91 Å². The predicted molar refractivity (Wildman–Crippen MR) is 112 cm³/mol. The van der Waals surface area contributed by atoms with Gasteiger partial charge < -0.3 is 4.74 Å². The second-order valence-electron chi connectivity index (χ2n) is 5.65. The number of hydrogen-bond acceptors (Lipinski definition) is 4. The third kappa shape index (κ3) is 5.28. The lowest BCUT2D eigenvalue weighted by molar-refractivity contribution is 0.0733. The molecule has 1 N–H and O–H groups in total. The summed E-state index contributed by atoms with van der Waals surface area (Å²) in [4.78, 5) is 24.2. The molecular weight excluding hydrogens is 444 g/mol. The van der Waals surface area contributed by atoms with E-state index >= 15 is 0 Å². The lowest BCUT2D eigenvalue weighted by Gasteiger charge is -2.06. The average Bonchev–Trinajstić information content (AvgIpc) is 2.69. The van der Waals surface area contributed by atoms with Crippen LogP contribution in [0.1, 0.15) is 26.3 Å². The molecule has 0 heterocycles. The van der Waals surface area contributed by atoms with E-state index in [1.54, 1.807) is 66.7 Å². The largest absolute Gasteiger partial charge is 0.423 e. The van der Waals surface area contributed by atoms with E-state index in [9.17, 15) is 9.59 Å². The molecule has 0 fully saturated rings. The molecule has 0 aliphatic rings. The summed E-state index contributed by atoms with van der Waals surface area (Å²) in [6, 6.07) is 20.3. The molecule has 0 bridgehead atoms. The monoisotopic (exact) mass is 456 g/mol. The van der Waals surface area contributed by atoms with Crippen molar-refractivity contribution in [1.82, 2.24) is 5.43 Å². The summed E-state index contributed by atoms with van der Waals surface area (Å²) in [6.07, 6.45) is 1.49. The Kier molecular flexibility index (Phi) is 6.57. The van der Waals surface area contributed by atoms with Crippen molar-refractivity contribution in [2.45, 2.75) is 0 Å². The molecule has 0 spiro atoms. The van der Waals surface area contributed by atoms with Gasteiger partial charge in [-0.1, -0.05) is 29.8 Å². The Morgan fingerprint density at radius 3 is 2.46 bits per heavy atom. The van der Waals surface area contributed by atoms with Crippen molar-refractivity contribution in [3.05, 3.63) is 99.0 Å². The number of ether oxygens (including phenoxy) is 1. The molecule has 0 saturated heterocycles. The number of hydrogen-bond donors (Lipinski definition) is 1. The molecule has 3 aromatic carbocycles. The number of hydrazone groups is 1. The quantitative estimate of drug-likeness (QED) is 0.251. The van der Waals surface area contributed by atoms with Gasteiger partial charge in [-0.15, -0.1) is 0 Å². The zero-order valence-corrected chi connectivity index (χ0v) is 16.8. The smallest absolute Gasteiger partial charge is 0.344 e. The number of rotatable bonds is 5. The summed E-state index contributed by atoms with van der Waals surface area (Å²) in [5.74, 6) is -0.415. The van der Waals surface area contributed by atoms with Crippen molar-refractivity contribution in [3.63, 3.8) is 0 Å². The molecule has 1 amide bonds. The standard InChI is InChI=1S/C21H14BrClN2O3/c22-19-7-2-1-6-18(19)21(27)28-17-10-8-14(9-11-17)13-24-25-20(26)15-4-3-5-16(23)12-15/h1-13H,(H,25,26)/b24-13+. The molecule has 28 heavy (non-hydrogen) atoms. The zero-order chi connectivity index (χ0) is 19.9. The van der Waals surface area contributed by atoms with E-state index in [1.165, 1.54) is 6.21 Å². The van der Waals surface area contributed by atoms with Crippen molar-refractivity contribution >= 4 is 45.6 Å². The minimum absolute atomic E-state index is 0.363. The van der Waals surface area contributed by atoms with Crippen LogP contribution in [0.15, 0.2) is 82.4 Å². The van der Waals surface area contributed by atoms with Crippen molar-refractivity contribution in [3.8, 4) is 5.75 Å². The molecule has 3 rings (SSSR count). The van der Waals surface area contributed by atoms with Crippen LogP contribution in [0.2, 0.25) is 5.02 Å². The first-order chi connectivity index (χ1) is 13.5. The Balaban J connectivity index is 1.58. The van der Waals surface area contributed by atoms with Crippen LogP contribution in [0.25, 0.3) is 0 Å². The lowest BCUT2D eigenvalue weighted by Crippen LogP contribution is -2.17. The van der Waals surface area contributed by atoms with Crippen molar-refractivity contribution in [1.29, 1.82) is 0 Å². The second-order valence-corrected chi connectivity index (χ2v) is 6.94. The van der Waals surface area contributed by atoms with Crippen molar-refractivity contribution in [2.75, 3.05) is 0 Å². The van der Waals surface area contributed by atoms with Gasteiger partial charge in [0.2, 0.25) is 0 Å². The lowest BCUT2D eigenvalue weighted by atomic mass is 10.2. The first kappa shape index (κ1) is 19.8. The number of halogens is 2. The van der Waals surface area contributed by atoms with Gasteiger partial charge in [0, 0.05) is 15.1 Å². The number of esters is 1. The summed E-state index contributed by atoms with van der Waals surface area (Å²) >= 11 is 9.18. The third-order valence-electron chi connectivity index (χ3n) is 3.65. The third-order valence-corrected chi connectivity index (χ3v) is 4.58. The number of nitrogens with one attached hydrogen (secondary N) is 1. The Morgan fingerprint density at radius 2 is 1.75 bits per heavy atom. The second kappa shape index (κ2) is 9.30. The Labute approximate surface area is 175 Å². The van der Waals surface area contributed by atoms with Crippen LogP contribution in [-0.4, -0.2) is 18.1 Å². The predicted octanol–water partition coefficient (Wildman–Crippen LogP) is 5.09. The number of amides is 1. The highest BCUT2D eigenvalue weighted by Gasteiger charge is 2.11. The highest BCUT2D eigenvalue weighted by molar-refractivity contribution is 9.10. The van der Waals surface area contributed by atoms with Crippen molar-refractivity contribution in [2.24, 2.45) is 5.10 Å². The molecule has 0 atom stereocenters. The Morgan fingerprint density at radius 1 is 1.00 bits per heavy atom. The van der Waals surface area contributed by atoms with Gasteiger partial charge in [0.15, 0.2) is 0 Å². The summed E-state index contributed by atoms with van der Waals surface area (Å²) in [5.41, 5.74) is 4.02. The summed E-state index contributed by atoms with van der Waals surface area (Å²) in [6.45, 7) is 0. The highest BCUT2D eigenvalue weighted by atomic mass is 79.9. The summed E-state index contributed by atoms with van der Waals surface area (Å²) in [5, 5.41) is 4.39. The maximum absolute atomic E-state index is 12.2. The van der Waals surface area contributed by atoms with E-state index in [1.807, 2.05) is 6.07 Å². The molecule has 0 saturated carbocycles. The van der Waals surface area contributed by atoms with Crippen LogP contribution < -0.4 is 10.2 Å². The van der Waals surface area contributed by atoms with Gasteiger partial charge in [0.1, 0.15) is 5.75 Å². The first-order valence-electron chi connectivity index (χ1n) is 8.19. The number of carbonyl (C=O) groups is 2. The van der Waals surface area contributed by atoms with Gasteiger partial charge in [-0.3, -0.25) is 4.79 Å². The normalized spacial score (nSPS) is 10.6. The van der Waals surface area contributed by atoms with Crippen LogP contribution >= 0.6 is 27.5 Å². The van der Waals surface area contributed by atoms with E-state index in [0.29, 0.717) is 26.4 Å². The van der Waals surface area contributed by atoms with Gasteiger partial charge in [-0.25, -0.2) is 10.2 Å². The van der Waals surface area contributed by atoms with E-state index < -0.39 is 5.97 Å². The zero-order valence-electron chi connectivity index (χ0n) is 14.4. The van der Waals surface area contributed by atoms with Crippen LogP contribution in [0.3, 0.4) is 0 Å². The molecule has 0 unspecified atom stereocenters. The number of carbonyl (C=O) groups excluding carboxylic acids is 2. The molecule has 5 nitrogen and oxygen atoms in total. The topological polar surface area (TPSA) is 67.8 Å². The summed E-state index contributed by atoms with van der Waals surface area (Å²) < 4.78 is 6.02. The van der Waals surface area contributed by atoms with Crippen LogP contribution in [-0.2, 0) is 0 Å². The minimum Gasteiger partial charge on any atom is -0.423 e.